The molecule has 72 valence electrons. The molecule has 13 heavy (non-hydrogen) atoms. The van der Waals surface area contributed by atoms with Gasteiger partial charge in [-0.25, -0.2) is 4.98 Å². The van der Waals surface area contributed by atoms with Crippen molar-refractivity contribution in [2.24, 2.45) is 4.99 Å². The Morgan fingerprint density at radius 2 is 2.46 bits per heavy atom. The van der Waals surface area contributed by atoms with Gasteiger partial charge in [0.05, 0.1) is 12.4 Å². The minimum Gasteiger partial charge on any atom is -0.358 e. The summed E-state index contributed by atoms with van der Waals surface area (Å²) in [5.74, 6) is 1.00. The van der Waals surface area contributed by atoms with Gasteiger partial charge in [0, 0.05) is 25.2 Å². The van der Waals surface area contributed by atoms with E-state index in [0.29, 0.717) is 4.47 Å². The van der Waals surface area contributed by atoms with Gasteiger partial charge >= 0.3 is 0 Å². The molecule has 0 aliphatic carbocycles. The van der Waals surface area contributed by atoms with Crippen molar-refractivity contribution >= 4 is 28.8 Å². The van der Waals surface area contributed by atoms with Crippen LogP contribution in [-0.2, 0) is 6.54 Å². The number of rotatable bonds is 2. The number of hydrogen-bond acceptors (Lipinski definition) is 3. The second-order valence-electron chi connectivity index (χ2n) is 2.71. The maximum absolute atomic E-state index is 5.72. The zero-order chi connectivity index (χ0) is 9.84. The van der Waals surface area contributed by atoms with Crippen LogP contribution in [0.25, 0.3) is 0 Å². The molecule has 0 unspecified atom stereocenters. The van der Waals surface area contributed by atoms with Gasteiger partial charge in [0.2, 0.25) is 0 Å². The van der Waals surface area contributed by atoms with E-state index in [2.05, 4.69) is 14.9 Å². The Morgan fingerprint density at radius 1 is 1.77 bits per heavy atom. The number of aromatic nitrogens is 1. The van der Waals surface area contributed by atoms with Crippen molar-refractivity contribution in [3.63, 3.8) is 0 Å². The van der Waals surface area contributed by atoms with Crippen molar-refractivity contribution in [1.29, 1.82) is 0 Å². The summed E-state index contributed by atoms with van der Waals surface area (Å²) in [6.45, 7) is 2.79. The molecule has 3 nitrogen and oxygen atoms in total. The fraction of sp³-hybridized carbons (Fsp3) is 0.500. The molecule has 0 amide bonds. The smallest absolute Gasteiger partial charge is 0.183 e. The van der Waals surface area contributed by atoms with E-state index in [1.54, 1.807) is 13.2 Å². The first kappa shape index (κ1) is 10.5. The van der Waals surface area contributed by atoms with Gasteiger partial charge < -0.3 is 4.90 Å². The highest BCUT2D eigenvalue weighted by molar-refractivity contribution is 7.15. The Bertz CT molecular complexity index is 308. The number of nitrogens with zero attached hydrogens (tertiary/aromatic N) is 3. The molecule has 1 rings (SSSR count). The van der Waals surface area contributed by atoms with E-state index >= 15 is 0 Å². The fourth-order valence-electron chi connectivity index (χ4n) is 0.876. The van der Waals surface area contributed by atoms with E-state index in [1.807, 2.05) is 14.0 Å². The summed E-state index contributed by atoms with van der Waals surface area (Å²) in [7, 11) is 3.78. The molecular weight excluding hydrogens is 206 g/mol. The quantitative estimate of drug-likeness (QED) is 0.562. The van der Waals surface area contributed by atoms with E-state index in [1.165, 1.54) is 11.3 Å². The van der Waals surface area contributed by atoms with Crippen LogP contribution in [0.2, 0.25) is 4.47 Å². The highest BCUT2D eigenvalue weighted by Crippen LogP contribution is 2.18. The second kappa shape index (κ2) is 4.58. The van der Waals surface area contributed by atoms with Crippen LogP contribution in [0.1, 0.15) is 11.8 Å². The second-order valence-corrected chi connectivity index (χ2v) is 4.40. The van der Waals surface area contributed by atoms with Crippen LogP contribution >= 0.6 is 22.9 Å². The van der Waals surface area contributed by atoms with Crippen LogP contribution in [0, 0.1) is 0 Å². The predicted octanol–water partition coefficient (Wildman–Crippen LogP) is 2.28. The van der Waals surface area contributed by atoms with E-state index in [9.17, 15) is 0 Å². The zero-order valence-electron chi connectivity index (χ0n) is 7.91. The van der Waals surface area contributed by atoms with Crippen molar-refractivity contribution in [1.82, 2.24) is 9.88 Å². The summed E-state index contributed by atoms with van der Waals surface area (Å²) in [5.41, 5.74) is 0. The standard InChI is InChI=1S/C8H12ClN3S/c1-6(10-2)12(3)5-7-4-11-8(9)13-7/h4H,5H2,1-3H3/b10-6+. The molecule has 0 saturated carbocycles. The molecular formula is C8H12ClN3S. The van der Waals surface area contributed by atoms with Gasteiger partial charge in [0.15, 0.2) is 4.47 Å². The molecule has 5 heteroatoms. The first-order valence-electron chi connectivity index (χ1n) is 3.88. The molecule has 1 heterocycles. The fourth-order valence-corrected chi connectivity index (χ4v) is 1.91. The lowest BCUT2D eigenvalue weighted by Crippen LogP contribution is -2.22. The van der Waals surface area contributed by atoms with Gasteiger partial charge in [-0.3, -0.25) is 4.99 Å². The predicted molar refractivity (Wildman–Crippen MR) is 57.6 cm³/mol. The van der Waals surface area contributed by atoms with Crippen LogP contribution in [0.4, 0.5) is 0 Å². The summed E-state index contributed by atoms with van der Waals surface area (Å²) in [5, 5.41) is 0. The summed E-state index contributed by atoms with van der Waals surface area (Å²) < 4.78 is 0.592. The first-order valence-corrected chi connectivity index (χ1v) is 5.07. The van der Waals surface area contributed by atoms with Gasteiger partial charge in [0.1, 0.15) is 0 Å². The molecule has 0 N–H and O–H groups in total. The molecule has 0 saturated heterocycles. The Kier molecular flexibility index (Phi) is 3.69. The molecule has 0 atom stereocenters. The molecule has 1 aromatic heterocycles. The molecule has 0 aliphatic rings. The monoisotopic (exact) mass is 217 g/mol. The van der Waals surface area contributed by atoms with Crippen LogP contribution in [-0.4, -0.2) is 29.8 Å². The van der Waals surface area contributed by atoms with Crippen LogP contribution in [0.15, 0.2) is 11.2 Å². The number of hydrogen-bond donors (Lipinski definition) is 0. The SMILES string of the molecule is C/N=C(\C)N(C)Cc1cnc(Cl)s1. The van der Waals surface area contributed by atoms with Gasteiger partial charge in [-0.1, -0.05) is 11.6 Å². The zero-order valence-corrected chi connectivity index (χ0v) is 9.48. The van der Waals surface area contributed by atoms with Crippen LogP contribution in [0.3, 0.4) is 0 Å². The number of thiazole rings is 1. The molecule has 0 radical (unpaired) electrons. The highest BCUT2D eigenvalue weighted by Gasteiger charge is 2.04. The third-order valence-electron chi connectivity index (χ3n) is 1.79. The Morgan fingerprint density at radius 3 is 2.92 bits per heavy atom. The molecule has 0 spiro atoms. The highest BCUT2D eigenvalue weighted by atomic mass is 35.5. The Balaban J connectivity index is 2.59. The topological polar surface area (TPSA) is 28.5 Å². The Labute approximate surface area is 87.1 Å². The maximum atomic E-state index is 5.72. The molecule has 0 bridgehead atoms. The van der Waals surface area contributed by atoms with Crippen molar-refractivity contribution in [2.45, 2.75) is 13.5 Å². The first-order chi connectivity index (χ1) is 6.13. The molecule has 0 fully saturated rings. The van der Waals surface area contributed by atoms with E-state index < -0.39 is 0 Å². The Hall–Kier alpha value is -0.610. The molecule has 0 aromatic carbocycles. The minimum atomic E-state index is 0.592. The lowest BCUT2D eigenvalue weighted by Gasteiger charge is -2.16. The molecule has 0 aliphatic heterocycles. The minimum absolute atomic E-state index is 0.592. The van der Waals surface area contributed by atoms with E-state index in [0.717, 1.165) is 17.3 Å². The third kappa shape index (κ3) is 2.97. The number of amidine groups is 1. The van der Waals surface area contributed by atoms with Gasteiger partial charge in [-0.2, -0.15) is 0 Å². The van der Waals surface area contributed by atoms with Crippen molar-refractivity contribution in [3.05, 3.63) is 15.5 Å². The van der Waals surface area contributed by atoms with Gasteiger partial charge in [0.25, 0.3) is 0 Å². The lowest BCUT2D eigenvalue weighted by molar-refractivity contribution is 0.501. The average molecular weight is 218 g/mol. The van der Waals surface area contributed by atoms with E-state index in [4.69, 9.17) is 11.6 Å². The van der Waals surface area contributed by atoms with E-state index in [-0.39, 0.29) is 0 Å². The third-order valence-corrected chi connectivity index (χ3v) is 2.89. The van der Waals surface area contributed by atoms with Crippen LogP contribution in [0.5, 0.6) is 0 Å². The summed E-state index contributed by atoms with van der Waals surface area (Å²) in [6.07, 6.45) is 1.80. The van der Waals surface area contributed by atoms with Gasteiger partial charge in [-0.15, -0.1) is 11.3 Å². The van der Waals surface area contributed by atoms with Crippen molar-refractivity contribution in [3.8, 4) is 0 Å². The van der Waals surface area contributed by atoms with Crippen molar-refractivity contribution < 1.29 is 0 Å². The lowest BCUT2D eigenvalue weighted by atomic mass is 10.4. The van der Waals surface area contributed by atoms with Crippen molar-refractivity contribution in [2.75, 3.05) is 14.1 Å². The van der Waals surface area contributed by atoms with Crippen LogP contribution < -0.4 is 0 Å². The normalized spacial score (nSPS) is 11.8. The molecule has 1 aromatic rings. The number of aliphatic imine (C=N–C) groups is 1. The van der Waals surface area contributed by atoms with Gasteiger partial charge in [-0.05, 0) is 6.92 Å². The maximum Gasteiger partial charge on any atom is 0.183 e. The number of halogens is 1. The largest absolute Gasteiger partial charge is 0.358 e. The average Bonchev–Trinajstić information content (AvgIpc) is 2.49. The summed E-state index contributed by atoms with van der Waals surface area (Å²) >= 11 is 7.22. The summed E-state index contributed by atoms with van der Waals surface area (Å²) in [4.78, 5) is 11.3. The summed E-state index contributed by atoms with van der Waals surface area (Å²) in [6, 6.07) is 0.